The van der Waals surface area contributed by atoms with E-state index in [1.54, 1.807) is 0 Å². The molecule has 0 radical (unpaired) electrons. The average Bonchev–Trinajstić information content (AvgIpc) is 3.20. The molecular formula is C29H35N5O3. The Morgan fingerprint density at radius 1 is 1.00 bits per heavy atom. The van der Waals surface area contributed by atoms with Crippen molar-refractivity contribution in [2.75, 3.05) is 31.5 Å². The number of anilines is 1. The smallest absolute Gasteiger partial charge is 0.255 e. The lowest BCUT2D eigenvalue weighted by Gasteiger charge is -2.31. The van der Waals surface area contributed by atoms with Gasteiger partial charge in [-0.15, -0.1) is 0 Å². The van der Waals surface area contributed by atoms with Crippen LogP contribution in [0.5, 0.6) is 0 Å². The van der Waals surface area contributed by atoms with Crippen molar-refractivity contribution in [3.8, 4) is 11.4 Å². The summed E-state index contributed by atoms with van der Waals surface area (Å²) in [5.41, 5.74) is 3.24. The zero-order valence-corrected chi connectivity index (χ0v) is 21.5. The maximum atomic E-state index is 13.3. The van der Waals surface area contributed by atoms with Crippen LogP contribution in [0.25, 0.3) is 11.4 Å². The summed E-state index contributed by atoms with van der Waals surface area (Å²) < 4.78 is 5.52. The molecule has 0 bridgehead atoms. The van der Waals surface area contributed by atoms with E-state index in [1.807, 2.05) is 60.4 Å². The fourth-order valence-corrected chi connectivity index (χ4v) is 5.28. The molecule has 37 heavy (non-hydrogen) atoms. The molecule has 0 saturated carbocycles. The van der Waals surface area contributed by atoms with Crippen LogP contribution in [0.1, 0.15) is 60.3 Å². The Morgan fingerprint density at radius 2 is 1.81 bits per heavy atom. The van der Waals surface area contributed by atoms with Gasteiger partial charge in [0.2, 0.25) is 17.6 Å². The van der Waals surface area contributed by atoms with Gasteiger partial charge >= 0.3 is 0 Å². The highest BCUT2D eigenvalue weighted by Crippen LogP contribution is 2.24. The molecule has 2 aliphatic heterocycles. The number of hydrogen-bond acceptors (Lipinski definition) is 6. The maximum absolute atomic E-state index is 13.3. The molecule has 2 fully saturated rings. The highest BCUT2D eigenvalue weighted by atomic mass is 16.5. The van der Waals surface area contributed by atoms with E-state index < -0.39 is 0 Å². The molecule has 2 saturated heterocycles. The Bertz CT molecular complexity index is 1230. The number of carbonyl (C=O) groups excluding carboxylic acids is 2. The number of rotatable bonds is 6. The van der Waals surface area contributed by atoms with Crippen LogP contribution >= 0.6 is 0 Å². The van der Waals surface area contributed by atoms with Gasteiger partial charge in [0.25, 0.3) is 5.91 Å². The van der Waals surface area contributed by atoms with Crippen molar-refractivity contribution in [2.45, 2.75) is 52.0 Å². The summed E-state index contributed by atoms with van der Waals surface area (Å²) in [6.07, 6.45) is 6.11. The largest absolute Gasteiger partial charge is 0.339 e. The molecular weight excluding hydrogens is 466 g/mol. The predicted molar refractivity (Wildman–Crippen MR) is 142 cm³/mol. The van der Waals surface area contributed by atoms with Gasteiger partial charge in [-0.05, 0) is 57.4 Å². The molecule has 194 valence electrons. The molecule has 8 nitrogen and oxygen atoms in total. The van der Waals surface area contributed by atoms with Crippen LogP contribution < -0.4 is 5.32 Å². The standard InChI is InChI=1S/C29H35N5O3/c1-21-10-8-11-22(18-21)27-31-26(37-32-27)20-33-15-9-12-23(19-33)28(35)30-25-14-5-4-13-24(25)29(36)34-16-6-2-3-7-17-34/h4-5,8,10-11,13-14,18,23H,2-3,6-7,9,12,15-17,19-20H2,1H3,(H,30,35). The van der Waals surface area contributed by atoms with Crippen LogP contribution in [-0.2, 0) is 11.3 Å². The van der Waals surface area contributed by atoms with Gasteiger partial charge in [0.15, 0.2) is 0 Å². The van der Waals surface area contributed by atoms with E-state index in [9.17, 15) is 9.59 Å². The van der Waals surface area contributed by atoms with Gasteiger partial charge in [-0.1, -0.05) is 53.9 Å². The normalized spacial score (nSPS) is 18.8. The number of aryl methyl sites for hydroxylation is 1. The van der Waals surface area contributed by atoms with E-state index in [0.29, 0.717) is 36.1 Å². The molecule has 3 aromatic rings. The fraction of sp³-hybridized carbons (Fsp3) is 0.448. The Morgan fingerprint density at radius 3 is 2.62 bits per heavy atom. The Labute approximate surface area is 218 Å². The van der Waals surface area contributed by atoms with Crippen molar-refractivity contribution < 1.29 is 14.1 Å². The third-order valence-corrected chi connectivity index (χ3v) is 7.29. The van der Waals surface area contributed by atoms with E-state index in [4.69, 9.17) is 4.52 Å². The third-order valence-electron chi connectivity index (χ3n) is 7.29. The van der Waals surface area contributed by atoms with Crippen LogP contribution in [0, 0.1) is 12.8 Å². The van der Waals surface area contributed by atoms with E-state index in [2.05, 4.69) is 20.4 Å². The molecule has 5 rings (SSSR count). The first kappa shape index (κ1) is 25.1. The summed E-state index contributed by atoms with van der Waals surface area (Å²) in [6, 6.07) is 15.4. The molecule has 2 amide bonds. The fourth-order valence-electron chi connectivity index (χ4n) is 5.28. The van der Waals surface area contributed by atoms with Gasteiger partial charge < -0.3 is 14.7 Å². The topological polar surface area (TPSA) is 91.6 Å². The van der Waals surface area contributed by atoms with E-state index in [0.717, 1.165) is 69.3 Å². The summed E-state index contributed by atoms with van der Waals surface area (Å²) in [5, 5.41) is 7.21. The molecule has 1 atom stereocenters. The molecule has 3 heterocycles. The number of para-hydroxylation sites is 1. The third kappa shape index (κ3) is 6.25. The van der Waals surface area contributed by atoms with E-state index in [1.165, 1.54) is 0 Å². The number of piperidine rings is 1. The monoisotopic (exact) mass is 501 g/mol. The molecule has 1 unspecified atom stereocenters. The highest BCUT2D eigenvalue weighted by molar-refractivity contribution is 6.04. The minimum absolute atomic E-state index is 0.00359. The van der Waals surface area contributed by atoms with Gasteiger partial charge in [0, 0.05) is 25.2 Å². The summed E-state index contributed by atoms with van der Waals surface area (Å²) in [6.45, 7) is 5.57. The minimum atomic E-state index is -0.172. The molecule has 8 heteroatoms. The zero-order valence-electron chi connectivity index (χ0n) is 21.5. The number of likely N-dealkylation sites (tertiary alicyclic amines) is 2. The zero-order chi connectivity index (χ0) is 25.6. The number of nitrogens with one attached hydrogen (secondary N) is 1. The average molecular weight is 502 g/mol. The second-order valence-corrected chi connectivity index (χ2v) is 10.2. The van der Waals surface area contributed by atoms with Crippen molar-refractivity contribution in [2.24, 2.45) is 5.92 Å². The predicted octanol–water partition coefficient (Wildman–Crippen LogP) is 4.91. The number of benzene rings is 2. The number of hydrogen-bond donors (Lipinski definition) is 1. The lowest BCUT2D eigenvalue weighted by Crippen LogP contribution is -2.40. The summed E-state index contributed by atoms with van der Waals surface area (Å²) >= 11 is 0. The van der Waals surface area contributed by atoms with Crippen LogP contribution in [0.2, 0.25) is 0 Å². The van der Waals surface area contributed by atoms with Crippen LogP contribution in [0.15, 0.2) is 53.1 Å². The summed E-state index contributed by atoms with van der Waals surface area (Å²) in [7, 11) is 0. The van der Waals surface area contributed by atoms with Crippen LogP contribution in [-0.4, -0.2) is 57.9 Å². The van der Waals surface area contributed by atoms with Crippen molar-refractivity contribution in [3.05, 3.63) is 65.5 Å². The van der Waals surface area contributed by atoms with Crippen molar-refractivity contribution >= 4 is 17.5 Å². The maximum Gasteiger partial charge on any atom is 0.255 e. The first-order valence-corrected chi connectivity index (χ1v) is 13.4. The second-order valence-electron chi connectivity index (χ2n) is 10.2. The number of carbonyl (C=O) groups is 2. The molecule has 1 aromatic heterocycles. The lowest BCUT2D eigenvalue weighted by molar-refractivity contribution is -0.121. The van der Waals surface area contributed by atoms with Gasteiger partial charge in [-0.25, -0.2) is 0 Å². The molecule has 2 aliphatic rings. The number of aromatic nitrogens is 2. The molecule has 0 spiro atoms. The van der Waals surface area contributed by atoms with E-state index in [-0.39, 0.29) is 17.7 Å². The molecule has 1 N–H and O–H groups in total. The Balaban J connectivity index is 1.21. The number of amides is 2. The molecule has 0 aliphatic carbocycles. The summed E-state index contributed by atoms with van der Waals surface area (Å²) in [4.78, 5) is 35.2. The van der Waals surface area contributed by atoms with Crippen LogP contribution in [0.4, 0.5) is 5.69 Å². The van der Waals surface area contributed by atoms with Gasteiger partial charge in [0.05, 0.1) is 23.7 Å². The SMILES string of the molecule is Cc1cccc(-c2noc(CN3CCCC(C(=O)Nc4ccccc4C(=O)N4CCCCCC4)C3)n2)c1. The highest BCUT2D eigenvalue weighted by Gasteiger charge is 2.28. The first-order chi connectivity index (χ1) is 18.1. The minimum Gasteiger partial charge on any atom is -0.339 e. The summed E-state index contributed by atoms with van der Waals surface area (Å²) in [5.74, 6) is 0.909. The quantitative estimate of drug-likeness (QED) is 0.516. The second kappa shape index (κ2) is 11.7. The van der Waals surface area contributed by atoms with Gasteiger partial charge in [0.1, 0.15) is 0 Å². The van der Waals surface area contributed by atoms with Crippen LogP contribution in [0.3, 0.4) is 0 Å². The van der Waals surface area contributed by atoms with Crippen molar-refractivity contribution in [1.29, 1.82) is 0 Å². The van der Waals surface area contributed by atoms with Gasteiger partial charge in [-0.2, -0.15) is 4.98 Å². The van der Waals surface area contributed by atoms with Crippen molar-refractivity contribution in [1.82, 2.24) is 19.9 Å². The van der Waals surface area contributed by atoms with Crippen molar-refractivity contribution in [3.63, 3.8) is 0 Å². The van der Waals surface area contributed by atoms with E-state index >= 15 is 0 Å². The lowest BCUT2D eigenvalue weighted by atomic mass is 9.96. The van der Waals surface area contributed by atoms with Gasteiger partial charge in [-0.3, -0.25) is 14.5 Å². The Hall–Kier alpha value is -3.52. The Kier molecular flexibility index (Phi) is 7.94. The molecule has 2 aromatic carbocycles. The first-order valence-electron chi connectivity index (χ1n) is 13.4. The number of nitrogens with zero attached hydrogens (tertiary/aromatic N) is 4.